The van der Waals surface area contributed by atoms with E-state index in [-0.39, 0.29) is 29.2 Å². The molecule has 1 fully saturated rings. The van der Waals surface area contributed by atoms with E-state index in [1.807, 2.05) is 6.26 Å². The minimum atomic E-state index is -0.962. The summed E-state index contributed by atoms with van der Waals surface area (Å²) < 4.78 is 0. The lowest BCUT2D eigenvalue weighted by molar-refractivity contribution is -0.144. The van der Waals surface area contributed by atoms with E-state index in [2.05, 4.69) is 26.1 Å². The summed E-state index contributed by atoms with van der Waals surface area (Å²) in [6.07, 6.45) is 3.91. The van der Waals surface area contributed by atoms with Gasteiger partial charge in [-0.15, -0.1) is 0 Å². The second kappa shape index (κ2) is 7.49. The summed E-state index contributed by atoms with van der Waals surface area (Å²) in [6.45, 7) is 6.18. The van der Waals surface area contributed by atoms with E-state index in [9.17, 15) is 14.7 Å². The summed E-state index contributed by atoms with van der Waals surface area (Å²) in [5.74, 6) is -0.338. The number of carboxylic acids is 1. The van der Waals surface area contributed by atoms with Crippen molar-refractivity contribution in [2.75, 3.05) is 12.0 Å². The lowest BCUT2D eigenvalue weighted by Gasteiger charge is -2.46. The Morgan fingerprint density at radius 1 is 1.43 bits per heavy atom. The number of carbonyl (C=O) groups excluding carboxylic acids is 1. The molecule has 1 aliphatic rings. The molecule has 0 spiro atoms. The molecule has 0 radical (unpaired) electrons. The molecular formula is C15H28N2O3S. The number of carbonyl (C=O) groups is 2. The molecule has 3 unspecified atom stereocenters. The largest absolute Gasteiger partial charge is 0.480 e. The van der Waals surface area contributed by atoms with Crippen molar-refractivity contribution in [1.82, 2.24) is 5.32 Å². The maximum absolute atomic E-state index is 12.5. The average Bonchev–Trinajstić information content (AvgIpc) is 2.40. The number of hydrogen-bond acceptors (Lipinski definition) is 4. The first-order valence-electron chi connectivity index (χ1n) is 7.49. The number of nitrogens with one attached hydrogen (secondary N) is 1. The van der Waals surface area contributed by atoms with Crippen LogP contribution < -0.4 is 11.1 Å². The van der Waals surface area contributed by atoms with Gasteiger partial charge in [-0.25, -0.2) is 4.79 Å². The minimum absolute atomic E-state index is 0.107. The lowest BCUT2D eigenvalue weighted by atomic mass is 9.61. The molecular weight excluding hydrogens is 288 g/mol. The first kappa shape index (κ1) is 18.3. The van der Waals surface area contributed by atoms with Crippen LogP contribution in [0.3, 0.4) is 0 Å². The Kier molecular flexibility index (Phi) is 6.53. The molecule has 4 atom stereocenters. The third-order valence-corrected chi connectivity index (χ3v) is 5.69. The number of carboxylic acid groups (broad SMARTS) is 1. The van der Waals surface area contributed by atoms with Gasteiger partial charge < -0.3 is 16.2 Å². The van der Waals surface area contributed by atoms with Crippen LogP contribution in [0, 0.1) is 17.3 Å². The van der Waals surface area contributed by atoms with E-state index >= 15 is 0 Å². The highest BCUT2D eigenvalue weighted by Gasteiger charge is 2.45. The summed E-state index contributed by atoms with van der Waals surface area (Å²) in [6, 6.07) is -0.692. The van der Waals surface area contributed by atoms with Crippen LogP contribution in [0.15, 0.2) is 0 Å². The van der Waals surface area contributed by atoms with Gasteiger partial charge in [0.25, 0.3) is 0 Å². The van der Waals surface area contributed by atoms with Crippen molar-refractivity contribution < 1.29 is 14.7 Å². The zero-order valence-electron chi connectivity index (χ0n) is 13.4. The van der Waals surface area contributed by atoms with Crippen LogP contribution in [0.4, 0.5) is 0 Å². The molecule has 122 valence electrons. The van der Waals surface area contributed by atoms with Crippen LogP contribution >= 0.6 is 11.8 Å². The first-order chi connectivity index (χ1) is 9.71. The van der Waals surface area contributed by atoms with Crippen molar-refractivity contribution in [1.29, 1.82) is 0 Å². The molecule has 0 heterocycles. The molecule has 1 saturated carbocycles. The number of thioether (sulfide) groups is 1. The maximum Gasteiger partial charge on any atom is 0.326 e. The van der Waals surface area contributed by atoms with Crippen LogP contribution in [0.5, 0.6) is 0 Å². The fourth-order valence-electron chi connectivity index (χ4n) is 3.08. The molecule has 0 aromatic rings. The van der Waals surface area contributed by atoms with Gasteiger partial charge in [0.1, 0.15) is 6.04 Å². The van der Waals surface area contributed by atoms with Crippen molar-refractivity contribution in [2.45, 2.75) is 52.1 Å². The zero-order valence-corrected chi connectivity index (χ0v) is 14.2. The Morgan fingerprint density at radius 2 is 2.05 bits per heavy atom. The summed E-state index contributed by atoms with van der Waals surface area (Å²) in [7, 11) is 0. The summed E-state index contributed by atoms with van der Waals surface area (Å²) in [5, 5.41) is 11.9. The molecule has 1 aliphatic carbocycles. The van der Waals surface area contributed by atoms with Crippen LogP contribution in [0.1, 0.15) is 40.0 Å². The number of rotatable bonds is 6. The van der Waals surface area contributed by atoms with Gasteiger partial charge in [-0.2, -0.15) is 11.8 Å². The quantitative estimate of drug-likeness (QED) is 0.694. The smallest absolute Gasteiger partial charge is 0.326 e. The van der Waals surface area contributed by atoms with Gasteiger partial charge >= 0.3 is 5.97 Å². The summed E-state index contributed by atoms with van der Waals surface area (Å²) in [5.41, 5.74) is 5.88. The van der Waals surface area contributed by atoms with Gasteiger partial charge in [0.2, 0.25) is 5.91 Å². The molecule has 5 nitrogen and oxygen atoms in total. The van der Waals surface area contributed by atoms with Gasteiger partial charge in [-0.05, 0) is 42.6 Å². The maximum atomic E-state index is 12.5. The summed E-state index contributed by atoms with van der Waals surface area (Å²) >= 11 is 1.58. The lowest BCUT2D eigenvalue weighted by Crippen LogP contribution is -2.54. The SMILES string of the molecule is CSCC[C@@H](NC(=O)C1CCC(N)C(C)C1(C)C)C(=O)O. The fourth-order valence-corrected chi connectivity index (χ4v) is 3.56. The Balaban J connectivity index is 2.75. The monoisotopic (exact) mass is 316 g/mol. The van der Waals surface area contributed by atoms with E-state index in [0.717, 1.165) is 12.8 Å². The predicted octanol–water partition coefficient (Wildman–Crippen LogP) is 1.71. The standard InChI is InChI=1S/C15H28N2O3S/c1-9-11(16)6-5-10(15(9,2)3)13(18)17-12(14(19)20)7-8-21-4/h9-12H,5-8,16H2,1-4H3,(H,17,18)(H,19,20)/t9?,10?,11?,12-/m1/s1. The normalized spacial score (nSPS) is 29.7. The van der Waals surface area contributed by atoms with Crippen LogP contribution in [0.25, 0.3) is 0 Å². The van der Waals surface area contributed by atoms with Gasteiger partial charge in [0, 0.05) is 12.0 Å². The van der Waals surface area contributed by atoms with E-state index < -0.39 is 12.0 Å². The zero-order chi connectivity index (χ0) is 16.2. The molecule has 6 heteroatoms. The number of nitrogens with two attached hydrogens (primary N) is 1. The Morgan fingerprint density at radius 3 is 2.57 bits per heavy atom. The first-order valence-corrected chi connectivity index (χ1v) is 8.88. The fraction of sp³-hybridized carbons (Fsp3) is 0.867. The second-order valence-electron chi connectivity index (χ2n) is 6.58. The van der Waals surface area contributed by atoms with Crippen molar-refractivity contribution >= 4 is 23.6 Å². The average molecular weight is 316 g/mol. The van der Waals surface area contributed by atoms with Crippen LogP contribution in [-0.4, -0.2) is 41.1 Å². The molecule has 0 aromatic heterocycles. The topological polar surface area (TPSA) is 92.4 Å². The van der Waals surface area contributed by atoms with Gasteiger partial charge in [-0.1, -0.05) is 20.8 Å². The molecule has 0 bridgehead atoms. The number of hydrogen-bond donors (Lipinski definition) is 3. The predicted molar refractivity (Wildman–Crippen MR) is 86.2 cm³/mol. The van der Waals surface area contributed by atoms with Crippen LogP contribution in [0.2, 0.25) is 0 Å². The van der Waals surface area contributed by atoms with E-state index in [1.54, 1.807) is 11.8 Å². The van der Waals surface area contributed by atoms with Crippen molar-refractivity contribution in [3.63, 3.8) is 0 Å². The van der Waals surface area contributed by atoms with Gasteiger partial charge in [-0.3, -0.25) is 4.79 Å². The van der Waals surface area contributed by atoms with E-state index in [4.69, 9.17) is 5.73 Å². The highest BCUT2D eigenvalue weighted by Crippen LogP contribution is 2.44. The minimum Gasteiger partial charge on any atom is -0.480 e. The molecule has 1 rings (SSSR count). The highest BCUT2D eigenvalue weighted by molar-refractivity contribution is 7.98. The molecule has 0 aliphatic heterocycles. The van der Waals surface area contributed by atoms with Crippen molar-refractivity contribution in [3.8, 4) is 0 Å². The third kappa shape index (κ3) is 4.36. The Hall–Kier alpha value is -0.750. The number of amides is 1. The van der Waals surface area contributed by atoms with E-state index in [0.29, 0.717) is 12.2 Å². The third-order valence-electron chi connectivity index (χ3n) is 5.04. The second-order valence-corrected chi connectivity index (χ2v) is 7.57. The number of aliphatic carboxylic acids is 1. The molecule has 0 aromatic carbocycles. The van der Waals surface area contributed by atoms with Gasteiger partial charge in [0.05, 0.1) is 0 Å². The van der Waals surface area contributed by atoms with Crippen molar-refractivity contribution in [3.05, 3.63) is 0 Å². The Labute approximate surface area is 131 Å². The molecule has 4 N–H and O–H groups in total. The highest BCUT2D eigenvalue weighted by atomic mass is 32.2. The van der Waals surface area contributed by atoms with E-state index in [1.165, 1.54) is 0 Å². The summed E-state index contributed by atoms with van der Waals surface area (Å²) in [4.78, 5) is 23.8. The molecule has 0 saturated heterocycles. The Bertz CT molecular complexity index is 387. The van der Waals surface area contributed by atoms with Crippen LogP contribution in [-0.2, 0) is 9.59 Å². The van der Waals surface area contributed by atoms with Gasteiger partial charge in [0.15, 0.2) is 0 Å². The van der Waals surface area contributed by atoms with Crippen molar-refractivity contribution in [2.24, 2.45) is 23.0 Å². The molecule has 21 heavy (non-hydrogen) atoms. The molecule has 1 amide bonds.